The average Bonchev–Trinajstić information content (AvgIpc) is 3.05. The van der Waals surface area contributed by atoms with Gasteiger partial charge in [-0.1, -0.05) is 87.1 Å². The zero-order valence-corrected chi connectivity index (χ0v) is 26.9. The molecular weight excluding hydrogens is 618 g/mol. The third kappa shape index (κ3) is 9.26. The molecule has 1 aromatic heterocycles. The first-order valence-electron chi connectivity index (χ1n) is 15.1. The van der Waals surface area contributed by atoms with Crippen molar-refractivity contribution in [1.82, 2.24) is 24.6 Å². The van der Waals surface area contributed by atoms with E-state index in [1.807, 2.05) is 24.3 Å². The fraction of sp³-hybridized carbons (Fsp3) is 0.353. The van der Waals surface area contributed by atoms with E-state index in [1.165, 1.54) is 22.9 Å². The van der Waals surface area contributed by atoms with E-state index in [0.717, 1.165) is 48.1 Å². The van der Waals surface area contributed by atoms with Gasteiger partial charge in [-0.2, -0.15) is 23.3 Å². The third-order valence-corrected chi connectivity index (χ3v) is 8.66. The van der Waals surface area contributed by atoms with Gasteiger partial charge in [0.25, 0.3) is 5.56 Å². The zero-order chi connectivity index (χ0) is 33.3. The maximum absolute atomic E-state index is 14.3. The Morgan fingerprint density at radius 2 is 1.52 bits per heavy atom. The number of carbonyl (C=O) groups is 1. The summed E-state index contributed by atoms with van der Waals surface area (Å²) in [6.45, 7) is 8.74. The molecule has 4 rings (SSSR count). The molecule has 1 heterocycles. The molecule has 0 unspecified atom stereocenters. The lowest BCUT2D eigenvalue weighted by molar-refractivity contribution is -0.137. The summed E-state index contributed by atoms with van der Waals surface area (Å²) in [5.41, 5.74) is 1.74. The van der Waals surface area contributed by atoms with Crippen LogP contribution in [-0.4, -0.2) is 56.7 Å². The topological polar surface area (TPSA) is 71.3 Å². The summed E-state index contributed by atoms with van der Waals surface area (Å²) in [5, 5.41) is 4.67. The Morgan fingerprint density at radius 3 is 2.11 bits per heavy atom. The Labute approximate surface area is 270 Å². The molecule has 244 valence electrons. The number of amides is 1. The number of thioether (sulfide) groups is 1. The van der Waals surface area contributed by atoms with E-state index >= 15 is 0 Å². The average molecular weight is 656 g/mol. The van der Waals surface area contributed by atoms with Gasteiger partial charge in [0.05, 0.1) is 5.56 Å². The van der Waals surface area contributed by atoms with Gasteiger partial charge in [0.2, 0.25) is 5.91 Å². The highest BCUT2D eigenvalue weighted by atomic mass is 32.2. The molecule has 0 aliphatic carbocycles. The van der Waals surface area contributed by atoms with E-state index in [9.17, 15) is 27.2 Å². The first kappa shape index (κ1) is 34.8. The van der Waals surface area contributed by atoms with Crippen LogP contribution in [0, 0.1) is 5.82 Å². The van der Waals surface area contributed by atoms with E-state index in [-0.39, 0.29) is 34.9 Å². The standard InChI is InChI=1S/C34H37F4N5O2S/c1-4-30-32(45)39-33(46-23-27-9-7-8-10-29(27)35)43(40-30)22-31(44)42(20-19-41(5-2)6-3)21-24-11-13-25(14-12-24)26-15-17-28(18-16-26)34(36,37)38/h7-18H,4-6,19-23H2,1-3H3. The Morgan fingerprint density at radius 1 is 0.891 bits per heavy atom. The van der Waals surface area contributed by atoms with Crippen LogP contribution in [0.4, 0.5) is 17.6 Å². The van der Waals surface area contributed by atoms with Crippen LogP contribution >= 0.6 is 11.8 Å². The second-order valence-electron chi connectivity index (χ2n) is 10.7. The van der Waals surface area contributed by atoms with Crippen molar-refractivity contribution in [3.8, 4) is 11.1 Å². The number of likely N-dealkylation sites (N-methyl/N-ethyl adjacent to an activating group) is 1. The smallest absolute Gasteiger partial charge is 0.335 e. The van der Waals surface area contributed by atoms with Crippen LogP contribution in [0.2, 0.25) is 0 Å². The largest absolute Gasteiger partial charge is 0.416 e. The number of benzene rings is 3. The van der Waals surface area contributed by atoms with Gasteiger partial charge in [-0.05, 0) is 60.0 Å². The van der Waals surface area contributed by atoms with Gasteiger partial charge in [0.1, 0.15) is 18.1 Å². The van der Waals surface area contributed by atoms with Crippen LogP contribution < -0.4 is 5.56 Å². The first-order valence-corrected chi connectivity index (χ1v) is 16.1. The summed E-state index contributed by atoms with van der Waals surface area (Å²) in [6, 6.07) is 18.7. The lowest BCUT2D eigenvalue weighted by Crippen LogP contribution is -2.40. The summed E-state index contributed by atoms with van der Waals surface area (Å²) >= 11 is 1.14. The van der Waals surface area contributed by atoms with Crippen LogP contribution in [0.1, 0.15) is 43.2 Å². The molecule has 0 aliphatic heterocycles. The fourth-order valence-corrected chi connectivity index (χ4v) is 5.75. The van der Waals surface area contributed by atoms with Crippen molar-refractivity contribution >= 4 is 17.7 Å². The van der Waals surface area contributed by atoms with E-state index in [4.69, 9.17) is 0 Å². The molecule has 0 spiro atoms. The maximum Gasteiger partial charge on any atom is 0.416 e. The van der Waals surface area contributed by atoms with Crippen LogP contribution in [-0.2, 0) is 36.2 Å². The van der Waals surface area contributed by atoms with Crippen molar-refractivity contribution in [2.75, 3.05) is 26.2 Å². The van der Waals surface area contributed by atoms with Gasteiger partial charge in [-0.15, -0.1) is 0 Å². The van der Waals surface area contributed by atoms with Crippen molar-refractivity contribution in [2.45, 2.75) is 57.4 Å². The number of hydrogen-bond donors (Lipinski definition) is 0. The molecule has 7 nitrogen and oxygen atoms in total. The van der Waals surface area contributed by atoms with Gasteiger partial charge in [0.15, 0.2) is 5.16 Å². The fourth-order valence-electron chi connectivity index (χ4n) is 4.83. The Kier molecular flexibility index (Phi) is 12.1. The van der Waals surface area contributed by atoms with Gasteiger partial charge in [0, 0.05) is 25.4 Å². The van der Waals surface area contributed by atoms with Crippen molar-refractivity contribution in [3.05, 3.63) is 111 Å². The minimum absolute atomic E-state index is 0.165. The second-order valence-corrected chi connectivity index (χ2v) is 11.6. The van der Waals surface area contributed by atoms with Crippen molar-refractivity contribution < 1.29 is 22.4 Å². The zero-order valence-electron chi connectivity index (χ0n) is 26.1. The Balaban J connectivity index is 1.55. The molecule has 0 saturated carbocycles. The molecule has 0 fully saturated rings. The molecular formula is C34H37F4N5O2S. The minimum Gasteiger partial charge on any atom is -0.335 e. The molecule has 1 amide bonds. The van der Waals surface area contributed by atoms with Crippen molar-refractivity contribution in [1.29, 1.82) is 0 Å². The molecule has 12 heteroatoms. The third-order valence-electron chi connectivity index (χ3n) is 7.65. The minimum atomic E-state index is -4.40. The lowest BCUT2D eigenvalue weighted by Gasteiger charge is -2.27. The quantitative estimate of drug-likeness (QED) is 0.111. The number of nitrogens with zero attached hydrogens (tertiary/aromatic N) is 5. The summed E-state index contributed by atoms with van der Waals surface area (Å²) < 4.78 is 54.7. The molecule has 0 aliphatic rings. The molecule has 3 aromatic carbocycles. The number of rotatable bonds is 14. The van der Waals surface area contributed by atoms with Gasteiger partial charge >= 0.3 is 6.18 Å². The van der Waals surface area contributed by atoms with Gasteiger partial charge in [-0.25, -0.2) is 9.07 Å². The number of aromatic nitrogens is 3. The summed E-state index contributed by atoms with van der Waals surface area (Å²) in [5.74, 6) is -0.394. The predicted molar refractivity (Wildman–Crippen MR) is 172 cm³/mol. The predicted octanol–water partition coefficient (Wildman–Crippen LogP) is 6.69. The number of alkyl halides is 3. The van der Waals surface area contributed by atoms with Gasteiger partial charge < -0.3 is 9.80 Å². The summed E-state index contributed by atoms with van der Waals surface area (Å²) in [7, 11) is 0. The molecule has 0 atom stereocenters. The van der Waals surface area contributed by atoms with E-state index < -0.39 is 17.3 Å². The molecule has 0 radical (unpaired) electrons. The van der Waals surface area contributed by atoms with E-state index in [0.29, 0.717) is 37.2 Å². The number of hydrogen-bond acceptors (Lipinski definition) is 6. The molecule has 0 N–H and O–H groups in total. The lowest BCUT2D eigenvalue weighted by atomic mass is 10.0. The highest BCUT2D eigenvalue weighted by Crippen LogP contribution is 2.31. The SMILES string of the molecule is CCc1nn(CC(=O)N(CCN(CC)CC)Cc2ccc(-c3ccc(C(F)(F)F)cc3)cc2)c(SCc2ccccc2F)nc1=O. The number of aryl methyl sites for hydroxylation is 1. The number of carbonyl (C=O) groups excluding carboxylic acids is 1. The van der Waals surface area contributed by atoms with Crippen LogP contribution in [0.3, 0.4) is 0 Å². The van der Waals surface area contributed by atoms with Crippen molar-refractivity contribution in [2.24, 2.45) is 0 Å². The molecule has 0 saturated heterocycles. The van der Waals surface area contributed by atoms with E-state index in [2.05, 4.69) is 28.8 Å². The molecule has 46 heavy (non-hydrogen) atoms. The summed E-state index contributed by atoms with van der Waals surface area (Å²) in [4.78, 5) is 34.5. The second kappa shape index (κ2) is 16.0. The molecule has 0 bridgehead atoms. The summed E-state index contributed by atoms with van der Waals surface area (Å²) in [6.07, 6.45) is -4.06. The first-order chi connectivity index (χ1) is 22.0. The highest BCUT2D eigenvalue weighted by molar-refractivity contribution is 7.98. The van der Waals surface area contributed by atoms with E-state index in [1.54, 1.807) is 30.0 Å². The highest BCUT2D eigenvalue weighted by Gasteiger charge is 2.30. The van der Waals surface area contributed by atoms with Crippen molar-refractivity contribution in [3.63, 3.8) is 0 Å². The van der Waals surface area contributed by atoms with Crippen LogP contribution in [0.5, 0.6) is 0 Å². The maximum atomic E-state index is 14.3. The van der Waals surface area contributed by atoms with Crippen LogP contribution in [0.25, 0.3) is 11.1 Å². The molecule has 4 aromatic rings. The van der Waals surface area contributed by atoms with Crippen LogP contribution in [0.15, 0.2) is 82.7 Å². The van der Waals surface area contributed by atoms with Gasteiger partial charge in [-0.3, -0.25) is 9.59 Å². The Hall–Kier alpha value is -4.03. The number of halogens is 4. The Bertz CT molecular complexity index is 1660. The monoisotopic (exact) mass is 655 g/mol. The normalized spacial score (nSPS) is 11.7.